The summed E-state index contributed by atoms with van der Waals surface area (Å²) in [7, 11) is -1.63. The van der Waals surface area contributed by atoms with Gasteiger partial charge in [-0.1, -0.05) is 74.2 Å². The van der Waals surface area contributed by atoms with Crippen LogP contribution in [0.3, 0.4) is 0 Å². The molecule has 0 spiro atoms. The van der Waals surface area contributed by atoms with Gasteiger partial charge in [-0.05, 0) is 11.1 Å². The van der Waals surface area contributed by atoms with Crippen molar-refractivity contribution < 1.29 is 4.79 Å². The lowest BCUT2D eigenvalue weighted by atomic mass is 9.91. The molecule has 0 saturated carbocycles. The number of ketones is 1. The van der Waals surface area contributed by atoms with Crippen molar-refractivity contribution in [1.29, 1.82) is 0 Å². The molecule has 3 rings (SSSR count). The van der Waals surface area contributed by atoms with Gasteiger partial charge in [0.25, 0.3) is 0 Å². The van der Waals surface area contributed by atoms with Crippen molar-refractivity contribution in [3.05, 3.63) is 71.3 Å². The fraction of sp³-hybridized carbons (Fsp3) is 0.278. The summed E-state index contributed by atoms with van der Waals surface area (Å²) < 4.78 is 0. The van der Waals surface area contributed by atoms with Crippen molar-refractivity contribution in [2.24, 2.45) is 0 Å². The average molecular weight is 280 g/mol. The third-order valence-corrected chi connectivity index (χ3v) is 7.96. The second-order valence-electron chi connectivity index (χ2n) is 6.67. The Bertz CT molecular complexity index is 655. The number of rotatable bonds is 2. The second-order valence-corrected chi connectivity index (χ2v) is 12.0. The van der Waals surface area contributed by atoms with Gasteiger partial charge in [-0.3, -0.25) is 4.79 Å². The van der Waals surface area contributed by atoms with Crippen molar-refractivity contribution in [3.8, 4) is 0 Å². The minimum atomic E-state index is -1.63. The molecule has 2 aromatic carbocycles. The SMILES string of the molecule is C[Si](C)(C)C1(c2ccccc2)CC(=O)c2ccccc21. The first-order valence-electron chi connectivity index (χ1n) is 7.15. The van der Waals surface area contributed by atoms with E-state index in [2.05, 4.69) is 56.0 Å². The summed E-state index contributed by atoms with van der Waals surface area (Å²) in [4.78, 5) is 12.5. The third kappa shape index (κ3) is 1.71. The molecule has 0 heterocycles. The van der Waals surface area contributed by atoms with E-state index in [4.69, 9.17) is 0 Å². The highest BCUT2D eigenvalue weighted by atomic mass is 28.3. The predicted molar refractivity (Wildman–Crippen MR) is 86.0 cm³/mol. The molecule has 0 bridgehead atoms. The number of Topliss-reactive ketones (excluding diaryl/α,β-unsaturated/α-hetero) is 1. The van der Waals surface area contributed by atoms with Gasteiger partial charge in [0.2, 0.25) is 0 Å². The molecule has 1 aliphatic rings. The Morgan fingerprint density at radius 1 is 0.900 bits per heavy atom. The standard InChI is InChI=1S/C18H20OSi/c1-20(2,3)18(14-9-5-4-6-10-14)13-17(19)15-11-7-8-12-16(15)18/h4-12H,13H2,1-3H3. The van der Waals surface area contributed by atoms with E-state index in [9.17, 15) is 4.79 Å². The molecule has 1 atom stereocenters. The Hall–Kier alpha value is -1.67. The van der Waals surface area contributed by atoms with E-state index < -0.39 is 8.07 Å². The number of hydrogen-bond acceptors (Lipinski definition) is 1. The molecule has 0 aromatic heterocycles. The van der Waals surface area contributed by atoms with Crippen LogP contribution in [0.5, 0.6) is 0 Å². The zero-order chi connectivity index (χ0) is 14.4. The molecule has 102 valence electrons. The van der Waals surface area contributed by atoms with Gasteiger partial charge in [-0.25, -0.2) is 0 Å². The summed E-state index contributed by atoms with van der Waals surface area (Å²) in [5.74, 6) is 0.298. The van der Waals surface area contributed by atoms with E-state index in [1.165, 1.54) is 11.1 Å². The molecule has 1 aliphatic carbocycles. The molecule has 0 aliphatic heterocycles. The number of carbonyl (C=O) groups excluding carboxylic acids is 1. The van der Waals surface area contributed by atoms with E-state index in [-0.39, 0.29) is 5.04 Å². The molecule has 0 radical (unpaired) electrons. The van der Waals surface area contributed by atoms with Crippen LogP contribution in [0.4, 0.5) is 0 Å². The maximum absolute atomic E-state index is 12.5. The van der Waals surface area contributed by atoms with Crippen LogP contribution in [-0.4, -0.2) is 13.9 Å². The summed E-state index contributed by atoms with van der Waals surface area (Å²) >= 11 is 0. The predicted octanol–water partition coefficient (Wildman–Crippen LogP) is 4.44. The molecule has 0 saturated heterocycles. The quantitative estimate of drug-likeness (QED) is 0.743. The van der Waals surface area contributed by atoms with E-state index in [1.54, 1.807) is 0 Å². The summed E-state index contributed by atoms with van der Waals surface area (Å²) in [5.41, 5.74) is 3.48. The monoisotopic (exact) mass is 280 g/mol. The Labute approximate surface area is 121 Å². The third-order valence-electron chi connectivity index (χ3n) is 4.66. The van der Waals surface area contributed by atoms with Crippen LogP contribution in [0, 0.1) is 0 Å². The van der Waals surface area contributed by atoms with Crippen molar-refractivity contribution in [1.82, 2.24) is 0 Å². The van der Waals surface area contributed by atoms with E-state index in [0.29, 0.717) is 12.2 Å². The van der Waals surface area contributed by atoms with Crippen LogP contribution >= 0.6 is 0 Å². The lowest BCUT2D eigenvalue weighted by molar-refractivity contribution is 0.0987. The minimum absolute atomic E-state index is 0.0814. The highest BCUT2D eigenvalue weighted by Gasteiger charge is 2.52. The first kappa shape index (κ1) is 13.3. The smallest absolute Gasteiger partial charge is 0.164 e. The first-order chi connectivity index (χ1) is 9.47. The number of fused-ring (bicyclic) bond motifs is 1. The molecular weight excluding hydrogens is 260 g/mol. The van der Waals surface area contributed by atoms with Crippen LogP contribution < -0.4 is 0 Å². The second kappa shape index (κ2) is 4.42. The molecular formula is C18H20OSi. The normalized spacial score (nSPS) is 21.9. The molecule has 20 heavy (non-hydrogen) atoms. The minimum Gasteiger partial charge on any atom is -0.294 e. The van der Waals surface area contributed by atoms with Crippen molar-refractivity contribution in [2.45, 2.75) is 31.1 Å². The van der Waals surface area contributed by atoms with Gasteiger partial charge in [0.05, 0.1) is 8.07 Å². The first-order valence-corrected chi connectivity index (χ1v) is 10.6. The number of benzene rings is 2. The summed E-state index contributed by atoms with van der Waals surface area (Å²) in [6.45, 7) is 7.11. The highest BCUT2D eigenvalue weighted by molar-refractivity contribution is 6.80. The van der Waals surface area contributed by atoms with Gasteiger partial charge in [0, 0.05) is 17.0 Å². The van der Waals surface area contributed by atoms with Gasteiger partial charge >= 0.3 is 0 Å². The topological polar surface area (TPSA) is 17.1 Å². The highest BCUT2D eigenvalue weighted by Crippen LogP contribution is 2.49. The van der Waals surface area contributed by atoms with Crippen molar-refractivity contribution >= 4 is 13.9 Å². The summed E-state index contributed by atoms with van der Waals surface area (Å²) in [5, 5.41) is -0.0814. The molecule has 2 aromatic rings. The van der Waals surface area contributed by atoms with E-state index >= 15 is 0 Å². The maximum Gasteiger partial charge on any atom is 0.164 e. The Balaban J connectivity index is 2.34. The van der Waals surface area contributed by atoms with Crippen molar-refractivity contribution in [2.75, 3.05) is 0 Å². The molecule has 0 N–H and O–H groups in total. The van der Waals surface area contributed by atoms with Crippen LogP contribution in [-0.2, 0) is 5.04 Å². The molecule has 2 heteroatoms. The zero-order valence-corrected chi connectivity index (χ0v) is 13.3. The fourth-order valence-electron chi connectivity index (χ4n) is 3.61. The lowest BCUT2D eigenvalue weighted by Crippen LogP contribution is -2.49. The molecule has 1 nitrogen and oxygen atoms in total. The fourth-order valence-corrected chi connectivity index (χ4v) is 6.36. The Kier molecular flexibility index (Phi) is 2.94. The molecule has 0 fully saturated rings. The number of carbonyl (C=O) groups is 1. The van der Waals surface area contributed by atoms with Crippen molar-refractivity contribution in [3.63, 3.8) is 0 Å². The largest absolute Gasteiger partial charge is 0.294 e. The van der Waals surface area contributed by atoms with Crippen LogP contribution in [0.25, 0.3) is 0 Å². The van der Waals surface area contributed by atoms with E-state index in [0.717, 1.165) is 5.56 Å². The van der Waals surface area contributed by atoms with Crippen LogP contribution in [0.1, 0.15) is 27.9 Å². The van der Waals surface area contributed by atoms with E-state index in [1.807, 2.05) is 18.2 Å². The van der Waals surface area contributed by atoms with Gasteiger partial charge in [-0.2, -0.15) is 0 Å². The summed E-state index contributed by atoms with van der Waals surface area (Å²) in [6, 6.07) is 18.8. The Morgan fingerprint density at radius 3 is 2.15 bits per heavy atom. The number of hydrogen-bond donors (Lipinski definition) is 0. The molecule has 1 unspecified atom stereocenters. The van der Waals surface area contributed by atoms with Gasteiger partial charge in [0.15, 0.2) is 5.78 Å². The maximum atomic E-state index is 12.5. The average Bonchev–Trinajstić information content (AvgIpc) is 2.75. The van der Waals surface area contributed by atoms with Gasteiger partial charge in [0.1, 0.15) is 0 Å². The van der Waals surface area contributed by atoms with Crippen LogP contribution in [0.2, 0.25) is 19.6 Å². The Morgan fingerprint density at radius 2 is 1.50 bits per heavy atom. The van der Waals surface area contributed by atoms with Crippen LogP contribution in [0.15, 0.2) is 54.6 Å². The summed E-state index contributed by atoms with van der Waals surface area (Å²) in [6.07, 6.45) is 0.631. The zero-order valence-electron chi connectivity index (χ0n) is 12.3. The molecule has 0 amide bonds. The van der Waals surface area contributed by atoms with Gasteiger partial charge in [-0.15, -0.1) is 0 Å². The lowest BCUT2D eigenvalue weighted by Gasteiger charge is -2.41. The van der Waals surface area contributed by atoms with Gasteiger partial charge < -0.3 is 0 Å².